The van der Waals surface area contributed by atoms with E-state index in [4.69, 9.17) is 0 Å². The van der Waals surface area contributed by atoms with Crippen molar-refractivity contribution in [3.8, 4) is 0 Å². The summed E-state index contributed by atoms with van der Waals surface area (Å²) < 4.78 is 3.19. The van der Waals surface area contributed by atoms with E-state index in [1.54, 1.807) is 7.05 Å². The molecule has 2 N–H and O–H groups in total. The molecule has 0 saturated carbocycles. The van der Waals surface area contributed by atoms with Crippen molar-refractivity contribution in [3.05, 3.63) is 92.6 Å². The Morgan fingerprint density at radius 1 is 1.00 bits per heavy atom. The molecular weight excluding hydrogens is 394 g/mol. The van der Waals surface area contributed by atoms with E-state index in [1.807, 2.05) is 70.1 Å². The molecule has 8 heteroatoms. The van der Waals surface area contributed by atoms with E-state index < -0.39 is 11.2 Å². The minimum absolute atomic E-state index is 0.0655. The molecule has 2 heterocycles. The Bertz CT molecular complexity index is 1280. The van der Waals surface area contributed by atoms with Gasteiger partial charge >= 0.3 is 5.69 Å². The van der Waals surface area contributed by atoms with Crippen molar-refractivity contribution in [2.75, 3.05) is 18.1 Å². The van der Waals surface area contributed by atoms with Gasteiger partial charge in [-0.1, -0.05) is 60.7 Å². The van der Waals surface area contributed by atoms with Crippen LogP contribution in [0.15, 0.2) is 70.3 Å². The predicted molar refractivity (Wildman–Crippen MR) is 120 cm³/mol. The second-order valence-electron chi connectivity index (χ2n) is 7.42. The fourth-order valence-corrected chi connectivity index (χ4v) is 3.74. The molecule has 2 aromatic heterocycles. The minimum Gasteiger partial charge on any atom is -0.395 e. The monoisotopic (exact) mass is 419 g/mol. The third-order valence-electron chi connectivity index (χ3n) is 5.32. The van der Waals surface area contributed by atoms with Crippen LogP contribution in [0.4, 0.5) is 5.95 Å². The number of aromatic nitrogens is 4. The lowest BCUT2D eigenvalue weighted by molar-refractivity contribution is 0.300. The van der Waals surface area contributed by atoms with Crippen LogP contribution < -0.4 is 16.1 Å². The number of fused-ring (bicyclic) bond motifs is 1. The molecule has 160 valence electrons. The number of aryl methyl sites for hydroxylation is 3. The molecule has 2 aromatic carbocycles. The van der Waals surface area contributed by atoms with Crippen molar-refractivity contribution < 1.29 is 5.11 Å². The predicted octanol–water partition coefficient (Wildman–Crippen LogP) is 1.66. The van der Waals surface area contributed by atoms with Crippen LogP contribution in [0.25, 0.3) is 11.2 Å². The third-order valence-corrected chi connectivity index (χ3v) is 5.32. The van der Waals surface area contributed by atoms with E-state index in [-0.39, 0.29) is 6.61 Å². The first kappa shape index (κ1) is 20.6. The molecule has 0 aliphatic carbocycles. The number of benzene rings is 2. The SMILES string of the molecule is Cn1c(=O)[nH]c(=O)c2c1nc(N(CCO)Cc1ccccc1)n2CCc1ccccc1. The van der Waals surface area contributed by atoms with E-state index in [1.165, 1.54) is 4.57 Å². The van der Waals surface area contributed by atoms with Crippen molar-refractivity contribution in [2.24, 2.45) is 7.05 Å². The number of aromatic amines is 1. The molecule has 0 spiro atoms. The molecule has 0 aliphatic rings. The Morgan fingerprint density at radius 3 is 2.29 bits per heavy atom. The minimum atomic E-state index is -0.506. The van der Waals surface area contributed by atoms with E-state index in [0.717, 1.165) is 11.1 Å². The van der Waals surface area contributed by atoms with Crippen LogP contribution in [-0.2, 0) is 26.6 Å². The summed E-state index contributed by atoms with van der Waals surface area (Å²) in [4.78, 5) is 33.9. The standard InChI is InChI=1S/C23H25N5O3/c1-26-20-19(21(30)25-23(26)31)28(13-12-17-8-4-2-5-9-17)22(24-20)27(14-15-29)16-18-10-6-3-7-11-18/h2-11,29H,12-16H2,1H3,(H,25,30,31). The molecule has 0 amide bonds. The van der Waals surface area contributed by atoms with Crippen molar-refractivity contribution in [2.45, 2.75) is 19.5 Å². The smallest absolute Gasteiger partial charge is 0.329 e. The van der Waals surface area contributed by atoms with Crippen LogP contribution in [-0.4, -0.2) is 37.4 Å². The van der Waals surface area contributed by atoms with Gasteiger partial charge in [-0.25, -0.2) is 4.79 Å². The van der Waals surface area contributed by atoms with Gasteiger partial charge in [-0.05, 0) is 17.5 Å². The molecule has 0 aliphatic heterocycles. The van der Waals surface area contributed by atoms with Crippen molar-refractivity contribution in [1.82, 2.24) is 19.1 Å². The molecule has 0 unspecified atom stereocenters. The number of anilines is 1. The van der Waals surface area contributed by atoms with E-state index in [9.17, 15) is 14.7 Å². The van der Waals surface area contributed by atoms with Crippen LogP contribution in [0.1, 0.15) is 11.1 Å². The summed E-state index contributed by atoms with van der Waals surface area (Å²) in [6.07, 6.45) is 0.694. The highest BCUT2D eigenvalue weighted by Gasteiger charge is 2.21. The van der Waals surface area contributed by atoms with Gasteiger partial charge in [-0.15, -0.1) is 0 Å². The lowest BCUT2D eigenvalue weighted by Crippen LogP contribution is -2.30. The number of rotatable bonds is 8. The largest absolute Gasteiger partial charge is 0.395 e. The first-order valence-corrected chi connectivity index (χ1v) is 10.2. The summed E-state index contributed by atoms with van der Waals surface area (Å²) in [5.74, 6) is 0.551. The number of hydrogen-bond acceptors (Lipinski definition) is 5. The molecule has 31 heavy (non-hydrogen) atoms. The summed E-state index contributed by atoms with van der Waals surface area (Å²) in [6, 6.07) is 19.9. The summed E-state index contributed by atoms with van der Waals surface area (Å²) in [5, 5.41) is 9.70. The second-order valence-corrected chi connectivity index (χ2v) is 7.42. The molecule has 0 bridgehead atoms. The van der Waals surface area contributed by atoms with Gasteiger partial charge in [0.25, 0.3) is 5.56 Å². The van der Waals surface area contributed by atoms with Crippen molar-refractivity contribution in [3.63, 3.8) is 0 Å². The van der Waals surface area contributed by atoms with Crippen LogP contribution in [0.5, 0.6) is 0 Å². The zero-order valence-electron chi connectivity index (χ0n) is 17.4. The van der Waals surface area contributed by atoms with Crippen LogP contribution in [0, 0.1) is 0 Å². The Kier molecular flexibility index (Phi) is 5.99. The fourth-order valence-electron chi connectivity index (χ4n) is 3.74. The maximum Gasteiger partial charge on any atom is 0.329 e. The van der Waals surface area contributed by atoms with E-state index in [2.05, 4.69) is 9.97 Å². The molecule has 0 fully saturated rings. The lowest BCUT2D eigenvalue weighted by atomic mass is 10.1. The Labute approximate surface area is 179 Å². The Balaban J connectivity index is 1.83. The van der Waals surface area contributed by atoms with Gasteiger partial charge in [0, 0.05) is 26.7 Å². The van der Waals surface area contributed by atoms with E-state index >= 15 is 0 Å². The average molecular weight is 419 g/mol. The van der Waals surface area contributed by atoms with E-state index in [0.29, 0.717) is 43.2 Å². The van der Waals surface area contributed by atoms with Crippen molar-refractivity contribution in [1.29, 1.82) is 0 Å². The summed E-state index contributed by atoms with van der Waals surface area (Å²) in [7, 11) is 1.59. The van der Waals surface area contributed by atoms with Crippen LogP contribution >= 0.6 is 0 Å². The quantitative estimate of drug-likeness (QED) is 0.453. The van der Waals surface area contributed by atoms with Crippen molar-refractivity contribution >= 4 is 17.1 Å². The van der Waals surface area contributed by atoms with Gasteiger partial charge in [-0.2, -0.15) is 4.98 Å². The second kappa shape index (κ2) is 9.01. The molecule has 0 radical (unpaired) electrons. The molecule has 0 saturated heterocycles. The zero-order chi connectivity index (χ0) is 21.8. The highest BCUT2D eigenvalue weighted by molar-refractivity contribution is 5.74. The number of H-pyrrole nitrogens is 1. The normalized spacial score (nSPS) is 11.2. The first-order chi connectivity index (χ1) is 15.1. The summed E-state index contributed by atoms with van der Waals surface area (Å²) in [6.45, 7) is 1.30. The number of hydrogen-bond donors (Lipinski definition) is 2. The lowest BCUT2D eigenvalue weighted by Gasteiger charge is -2.24. The average Bonchev–Trinajstić information content (AvgIpc) is 3.17. The fraction of sp³-hybridized carbons (Fsp3) is 0.261. The van der Waals surface area contributed by atoms with Gasteiger partial charge in [0.15, 0.2) is 11.2 Å². The number of aliphatic hydroxyl groups excluding tert-OH is 1. The van der Waals surface area contributed by atoms with Gasteiger partial charge in [0.2, 0.25) is 5.95 Å². The molecular formula is C23H25N5O3. The number of aliphatic hydroxyl groups is 1. The maximum absolute atomic E-state index is 12.7. The zero-order valence-corrected chi connectivity index (χ0v) is 17.4. The van der Waals surface area contributed by atoms with Gasteiger partial charge in [-0.3, -0.25) is 14.3 Å². The molecule has 8 nitrogen and oxygen atoms in total. The number of nitrogens with zero attached hydrogens (tertiary/aromatic N) is 4. The highest BCUT2D eigenvalue weighted by atomic mass is 16.3. The number of imidazole rings is 1. The number of nitrogens with one attached hydrogen (secondary N) is 1. The van der Waals surface area contributed by atoms with Gasteiger partial charge in [0.05, 0.1) is 6.61 Å². The van der Waals surface area contributed by atoms with Gasteiger partial charge < -0.3 is 14.6 Å². The summed E-state index contributed by atoms with van der Waals surface area (Å²) in [5.41, 5.74) is 1.90. The Morgan fingerprint density at radius 2 is 1.65 bits per heavy atom. The molecule has 0 atom stereocenters. The highest BCUT2D eigenvalue weighted by Crippen LogP contribution is 2.22. The maximum atomic E-state index is 12.7. The first-order valence-electron chi connectivity index (χ1n) is 10.2. The van der Waals surface area contributed by atoms with Gasteiger partial charge in [0.1, 0.15) is 0 Å². The molecule has 4 aromatic rings. The summed E-state index contributed by atoms with van der Waals surface area (Å²) >= 11 is 0. The van der Waals surface area contributed by atoms with Crippen LogP contribution in [0.3, 0.4) is 0 Å². The Hall–Kier alpha value is -3.65. The topological polar surface area (TPSA) is 96.2 Å². The van der Waals surface area contributed by atoms with Crippen LogP contribution in [0.2, 0.25) is 0 Å². The molecule has 4 rings (SSSR count). The third kappa shape index (κ3) is 4.29.